The lowest BCUT2D eigenvalue weighted by molar-refractivity contribution is -0.134. The van der Waals surface area contributed by atoms with Gasteiger partial charge in [0, 0.05) is 11.8 Å². The molecular weight excluding hydrogens is 194 g/mol. The number of hydrogen-bond acceptors (Lipinski definition) is 5. The van der Waals surface area contributed by atoms with E-state index in [9.17, 15) is 4.79 Å². The first-order chi connectivity index (χ1) is 7.24. The molecule has 0 aromatic rings. The lowest BCUT2D eigenvalue weighted by Gasteiger charge is -2.03. The van der Waals surface area contributed by atoms with E-state index in [2.05, 4.69) is 9.98 Å². The highest BCUT2D eigenvalue weighted by Gasteiger charge is 2.28. The average molecular weight is 205 g/mol. The Kier molecular flexibility index (Phi) is 2.37. The molecule has 15 heavy (non-hydrogen) atoms. The number of fused-ring (bicyclic) bond motifs is 1. The van der Waals surface area contributed by atoms with Crippen molar-refractivity contribution in [1.82, 2.24) is 0 Å². The molecule has 0 spiro atoms. The van der Waals surface area contributed by atoms with Crippen molar-refractivity contribution in [3.63, 3.8) is 0 Å². The predicted molar refractivity (Wildman–Crippen MR) is 56.5 cm³/mol. The zero-order valence-electron chi connectivity index (χ0n) is 8.36. The van der Waals surface area contributed by atoms with E-state index in [1.54, 1.807) is 13.1 Å². The summed E-state index contributed by atoms with van der Waals surface area (Å²) in [6, 6.07) is 0. The third kappa shape index (κ3) is 1.56. The van der Waals surface area contributed by atoms with E-state index in [-0.39, 0.29) is 5.71 Å². The van der Waals surface area contributed by atoms with E-state index in [0.717, 1.165) is 5.57 Å². The van der Waals surface area contributed by atoms with E-state index in [0.29, 0.717) is 24.6 Å². The molecule has 2 aliphatic heterocycles. The zero-order chi connectivity index (χ0) is 10.8. The van der Waals surface area contributed by atoms with Crippen LogP contribution in [0.1, 0.15) is 13.3 Å². The van der Waals surface area contributed by atoms with Crippen molar-refractivity contribution in [2.45, 2.75) is 13.3 Å². The third-order valence-electron chi connectivity index (χ3n) is 2.16. The minimum absolute atomic E-state index is 0.175. The van der Waals surface area contributed by atoms with Crippen molar-refractivity contribution in [3.05, 3.63) is 23.5 Å². The molecule has 0 fully saturated rings. The molecule has 0 bridgehead atoms. The van der Waals surface area contributed by atoms with Crippen molar-refractivity contribution < 1.29 is 9.53 Å². The van der Waals surface area contributed by atoms with E-state index >= 15 is 0 Å². The Hall–Kier alpha value is -1.91. The first kappa shape index (κ1) is 9.64. The number of ether oxygens (including phenoxy) is 1. The summed E-state index contributed by atoms with van der Waals surface area (Å²) in [5.74, 6) is 0.0395. The summed E-state index contributed by atoms with van der Waals surface area (Å²) in [5.41, 5.74) is 7.17. The number of amidine groups is 1. The molecule has 0 atom stereocenters. The number of esters is 1. The Morgan fingerprint density at radius 1 is 1.67 bits per heavy atom. The molecule has 5 nitrogen and oxygen atoms in total. The predicted octanol–water partition coefficient (Wildman–Crippen LogP) is 0.533. The fraction of sp³-hybridized carbons (Fsp3) is 0.300. The molecule has 0 aromatic heterocycles. The number of carbonyl (C=O) groups is 1. The van der Waals surface area contributed by atoms with Gasteiger partial charge in [0.1, 0.15) is 0 Å². The van der Waals surface area contributed by atoms with Gasteiger partial charge < -0.3 is 10.5 Å². The highest BCUT2D eigenvalue weighted by molar-refractivity contribution is 6.48. The van der Waals surface area contributed by atoms with E-state index in [1.807, 2.05) is 6.08 Å². The second-order valence-corrected chi connectivity index (χ2v) is 3.11. The highest BCUT2D eigenvalue weighted by atomic mass is 16.5. The maximum Gasteiger partial charge on any atom is 0.359 e. The Morgan fingerprint density at radius 3 is 3.13 bits per heavy atom. The van der Waals surface area contributed by atoms with E-state index in [4.69, 9.17) is 10.5 Å². The molecule has 0 saturated heterocycles. The molecule has 2 aliphatic rings. The van der Waals surface area contributed by atoms with Crippen LogP contribution in [0.4, 0.5) is 0 Å². The molecule has 0 aromatic carbocycles. The number of nitrogens with zero attached hydrogens (tertiary/aromatic N) is 2. The van der Waals surface area contributed by atoms with Crippen LogP contribution in [-0.2, 0) is 9.53 Å². The summed E-state index contributed by atoms with van der Waals surface area (Å²) in [4.78, 5) is 19.5. The summed E-state index contributed by atoms with van der Waals surface area (Å²) < 4.78 is 4.84. The van der Waals surface area contributed by atoms with Crippen molar-refractivity contribution in [2.75, 3.05) is 6.61 Å². The van der Waals surface area contributed by atoms with Crippen molar-refractivity contribution in [3.8, 4) is 0 Å². The normalized spacial score (nSPS) is 18.5. The fourth-order valence-corrected chi connectivity index (χ4v) is 1.45. The topological polar surface area (TPSA) is 77.0 Å². The standard InChI is InChI=1S/C10H11N3O2/c1-2-15-10(14)8-7(11)6-4-3-5-12-9(6)13-8/h3,5H,2,4,11H2,1H3. The third-order valence-corrected chi connectivity index (χ3v) is 2.16. The molecule has 2 N–H and O–H groups in total. The van der Waals surface area contributed by atoms with Gasteiger partial charge in [0.05, 0.1) is 12.3 Å². The van der Waals surface area contributed by atoms with Gasteiger partial charge in [0.2, 0.25) is 0 Å². The van der Waals surface area contributed by atoms with Crippen LogP contribution in [0.2, 0.25) is 0 Å². The van der Waals surface area contributed by atoms with Gasteiger partial charge in [0.15, 0.2) is 11.5 Å². The van der Waals surface area contributed by atoms with Gasteiger partial charge in [0.25, 0.3) is 0 Å². The zero-order valence-corrected chi connectivity index (χ0v) is 8.36. The fourth-order valence-electron chi connectivity index (χ4n) is 1.45. The van der Waals surface area contributed by atoms with Gasteiger partial charge in [-0.15, -0.1) is 0 Å². The van der Waals surface area contributed by atoms with Crippen LogP contribution in [0.25, 0.3) is 0 Å². The largest absolute Gasteiger partial charge is 0.461 e. The first-order valence-electron chi connectivity index (χ1n) is 4.72. The molecule has 5 heteroatoms. The summed E-state index contributed by atoms with van der Waals surface area (Å²) in [7, 11) is 0. The smallest absolute Gasteiger partial charge is 0.359 e. The minimum Gasteiger partial charge on any atom is -0.461 e. The molecular formula is C10H11N3O2. The molecule has 78 valence electrons. The van der Waals surface area contributed by atoms with Gasteiger partial charge in [-0.1, -0.05) is 6.08 Å². The molecule has 0 saturated carbocycles. The monoisotopic (exact) mass is 205 g/mol. The first-order valence-corrected chi connectivity index (χ1v) is 4.72. The van der Waals surface area contributed by atoms with Crippen LogP contribution in [0.15, 0.2) is 33.5 Å². The Morgan fingerprint density at radius 2 is 2.47 bits per heavy atom. The Labute approximate surface area is 87.0 Å². The Bertz CT molecular complexity index is 430. The summed E-state index contributed by atoms with van der Waals surface area (Å²) in [6.45, 7) is 2.05. The van der Waals surface area contributed by atoms with Crippen LogP contribution >= 0.6 is 0 Å². The summed E-state index contributed by atoms with van der Waals surface area (Å²) in [6.07, 6.45) is 4.19. The second-order valence-electron chi connectivity index (χ2n) is 3.11. The molecule has 0 radical (unpaired) electrons. The quantitative estimate of drug-likeness (QED) is 0.668. The van der Waals surface area contributed by atoms with Crippen molar-refractivity contribution in [2.24, 2.45) is 15.7 Å². The van der Waals surface area contributed by atoms with Crippen LogP contribution in [-0.4, -0.2) is 24.1 Å². The number of rotatable bonds is 2. The maximum absolute atomic E-state index is 11.5. The summed E-state index contributed by atoms with van der Waals surface area (Å²) >= 11 is 0. The summed E-state index contributed by atoms with van der Waals surface area (Å²) in [5, 5.41) is 0. The van der Waals surface area contributed by atoms with Crippen molar-refractivity contribution in [1.29, 1.82) is 0 Å². The molecule has 0 unspecified atom stereocenters. The molecule has 2 rings (SSSR count). The number of nitrogens with two attached hydrogens (primary N) is 1. The van der Waals surface area contributed by atoms with Crippen LogP contribution in [0.5, 0.6) is 0 Å². The van der Waals surface area contributed by atoms with Crippen LogP contribution < -0.4 is 5.73 Å². The maximum atomic E-state index is 11.5. The second kappa shape index (κ2) is 3.68. The highest BCUT2D eigenvalue weighted by Crippen LogP contribution is 2.21. The average Bonchev–Trinajstić information content (AvgIpc) is 2.57. The SMILES string of the molecule is CCOC(=O)C1=NC2=NC=CCC2=C1N. The van der Waals surface area contributed by atoms with Crippen LogP contribution in [0, 0.1) is 0 Å². The van der Waals surface area contributed by atoms with Gasteiger partial charge >= 0.3 is 5.97 Å². The Balaban J connectivity index is 2.31. The molecule has 0 amide bonds. The number of aliphatic imine (C=N–C) groups is 2. The van der Waals surface area contributed by atoms with Gasteiger partial charge in [-0.3, -0.25) is 0 Å². The molecule has 0 aliphatic carbocycles. The van der Waals surface area contributed by atoms with Gasteiger partial charge in [-0.2, -0.15) is 0 Å². The van der Waals surface area contributed by atoms with Crippen molar-refractivity contribution >= 4 is 17.5 Å². The van der Waals surface area contributed by atoms with E-state index < -0.39 is 5.97 Å². The lowest BCUT2D eigenvalue weighted by atomic mass is 10.1. The van der Waals surface area contributed by atoms with Gasteiger partial charge in [-0.25, -0.2) is 14.8 Å². The van der Waals surface area contributed by atoms with Crippen LogP contribution in [0.3, 0.4) is 0 Å². The van der Waals surface area contributed by atoms with Gasteiger partial charge in [-0.05, 0) is 13.3 Å². The number of carbonyl (C=O) groups excluding carboxylic acids is 1. The number of allylic oxidation sites excluding steroid dienone is 1. The minimum atomic E-state index is -0.486. The van der Waals surface area contributed by atoms with E-state index in [1.165, 1.54) is 0 Å². The number of hydrogen-bond donors (Lipinski definition) is 1. The lowest BCUT2D eigenvalue weighted by Crippen LogP contribution is -2.22. The molecule has 2 heterocycles.